The van der Waals surface area contributed by atoms with E-state index in [1.54, 1.807) is 9.80 Å². The Morgan fingerprint density at radius 1 is 0.906 bits per heavy atom. The molecule has 6 nitrogen and oxygen atoms in total. The van der Waals surface area contributed by atoms with Crippen LogP contribution in [0.4, 0.5) is 0 Å². The summed E-state index contributed by atoms with van der Waals surface area (Å²) in [6.45, 7) is 1.88. The van der Waals surface area contributed by atoms with Gasteiger partial charge in [-0.2, -0.15) is 0 Å². The Kier molecular flexibility index (Phi) is 5.10. The van der Waals surface area contributed by atoms with E-state index >= 15 is 0 Å². The van der Waals surface area contributed by atoms with Crippen molar-refractivity contribution in [1.29, 1.82) is 0 Å². The van der Waals surface area contributed by atoms with Crippen LogP contribution < -0.4 is 16.2 Å². The molecule has 0 radical (unpaired) electrons. The molecule has 0 bridgehead atoms. The molecule has 1 aliphatic heterocycles. The van der Waals surface area contributed by atoms with Gasteiger partial charge in [-0.3, -0.25) is 9.59 Å². The largest absolute Gasteiger partial charge is 0.401 e. The highest BCUT2D eigenvalue weighted by molar-refractivity contribution is 5.95. The van der Waals surface area contributed by atoms with Crippen molar-refractivity contribution in [3.8, 4) is 11.1 Å². The molecule has 0 unspecified atom stereocenters. The molecule has 5 rings (SSSR count). The molecule has 2 amide bonds. The van der Waals surface area contributed by atoms with E-state index in [2.05, 4.69) is 30.4 Å². The summed E-state index contributed by atoms with van der Waals surface area (Å²) >= 11 is 0. The second-order valence-corrected chi connectivity index (χ2v) is 8.82. The molecular weight excluding hydrogens is 402 g/mol. The molecule has 32 heavy (non-hydrogen) atoms. The SMILES string of the molecule is NC1=c2cc(-c3ccc(C(=O)N4CCN(C(=O)C5(O)CC5)CC4)cc3)ccc2=CC=CC1. The number of nitrogens with zero attached hydrogens (tertiary/aromatic N) is 2. The molecule has 2 aromatic rings. The van der Waals surface area contributed by atoms with Gasteiger partial charge in [0.1, 0.15) is 5.60 Å². The maximum Gasteiger partial charge on any atom is 0.254 e. The maximum atomic E-state index is 12.9. The molecule has 2 fully saturated rings. The smallest absolute Gasteiger partial charge is 0.254 e. The summed E-state index contributed by atoms with van der Waals surface area (Å²) in [5.74, 6) is -0.227. The number of hydrogen-bond donors (Lipinski definition) is 2. The van der Waals surface area contributed by atoms with Crippen molar-refractivity contribution in [3.63, 3.8) is 0 Å². The summed E-state index contributed by atoms with van der Waals surface area (Å²) in [4.78, 5) is 28.7. The predicted molar refractivity (Wildman–Crippen MR) is 124 cm³/mol. The summed E-state index contributed by atoms with van der Waals surface area (Å²) in [6.07, 6.45) is 7.97. The summed E-state index contributed by atoms with van der Waals surface area (Å²) in [5.41, 5.74) is 8.68. The van der Waals surface area contributed by atoms with E-state index in [0.29, 0.717) is 44.6 Å². The Labute approximate surface area is 186 Å². The summed E-state index contributed by atoms with van der Waals surface area (Å²) in [6, 6.07) is 13.9. The van der Waals surface area contributed by atoms with Gasteiger partial charge in [0.25, 0.3) is 11.8 Å². The number of hydrogen-bond acceptors (Lipinski definition) is 4. The quantitative estimate of drug-likeness (QED) is 0.761. The number of benzene rings is 2. The Morgan fingerprint density at radius 2 is 1.56 bits per heavy atom. The van der Waals surface area contributed by atoms with Gasteiger partial charge >= 0.3 is 0 Å². The molecular formula is C26H27N3O3. The number of piperazine rings is 1. The Morgan fingerprint density at radius 3 is 2.25 bits per heavy atom. The van der Waals surface area contributed by atoms with Crippen LogP contribution in [0.25, 0.3) is 22.9 Å². The zero-order valence-electron chi connectivity index (χ0n) is 18.0. The van der Waals surface area contributed by atoms with E-state index in [-0.39, 0.29) is 11.8 Å². The molecule has 2 aliphatic carbocycles. The lowest BCUT2D eigenvalue weighted by atomic mass is 10.0. The minimum absolute atomic E-state index is 0.0334. The number of amides is 2. The fraction of sp³-hybridized carbons (Fsp3) is 0.308. The van der Waals surface area contributed by atoms with Gasteiger partial charge in [0.15, 0.2) is 0 Å². The van der Waals surface area contributed by atoms with E-state index < -0.39 is 5.60 Å². The Balaban J connectivity index is 1.28. The zero-order valence-corrected chi connectivity index (χ0v) is 18.0. The fourth-order valence-corrected chi connectivity index (χ4v) is 4.36. The van der Waals surface area contributed by atoms with Crippen LogP contribution in [0.3, 0.4) is 0 Å². The van der Waals surface area contributed by atoms with Gasteiger partial charge in [-0.25, -0.2) is 0 Å². The van der Waals surface area contributed by atoms with Crippen LogP contribution >= 0.6 is 0 Å². The lowest BCUT2D eigenvalue weighted by Gasteiger charge is -2.35. The van der Waals surface area contributed by atoms with Gasteiger partial charge in [-0.1, -0.05) is 42.5 Å². The average molecular weight is 430 g/mol. The topological polar surface area (TPSA) is 86.9 Å². The normalized spacial score (nSPS) is 19.1. The summed E-state index contributed by atoms with van der Waals surface area (Å²) in [5, 5.41) is 12.2. The van der Waals surface area contributed by atoms with Crippen LogP contribution in [0.5, 0.6) is 0 Å². The van der Waals surface area contributed by atoms with Gasteiger partial charge in [-0.15, -0.1) is 0 Å². The van der Waals surface area contributed by atoms with E-state index in [9.17, 15) is 14.7 Å². The van der Waals surface area contributed by atoms with Crippen LogP contribution in [-0.2, 0) is 4.79 Å². The maximum absolute atomic E-state index is 12.9. The number of aliphatic hydroxyl groups is 1. The van der Waals surface area contributed by atoms with Crippen LogP contribution in [0.1, 0.15) is 29.6 Å². The second-order valence-electron chi connectivity index (χ2n) is 8.82. The van der Waals surface area contributed by atoms with Crippen molar-refractivity contribution < 1.29 is 14.7 Å². The Bertz CT molecular complexity index is 1220. The van der Waals surface area contributed by atoms with E-state index in [4.69, 9.17) is 5.73 Å². The first-order valence-electron chi connectivity index (χ1n) is 11.1. The molecule has 3 N–H and O–H groups in total. The highest BCUT2D eigenvalue weighted by Gasteiger charge is 2.50. The highest BCUT2D eigenvalue weighted by Crippen LogP contribution is 2.37. The molecule has 0 spiro atoms. The van der Waals surface area contributed by atoms with Crippen molar-refractivity contribution in [2.24, 2.45) is 5.73 Å². The van der Waals surface area contributed by atoms with E-state index in [1.807, 2.05) is 30.3 Å². The van der Waals surface area contributed by atoms with Gasteiger partial charge in [0.2, 0.25) is 0 Å². The molecule has 1 saturated heterocycles. The molecule has 1 heterocycles. The fourth-order valence-electron chi connectivity index (χ4n) is 4.36. The minimum Gasteiger partial charge on any atom is -0.401 e. The van der Waals surface area contributed by atoms with Crippen molar-refractivity contribution in [1.82, 2.24) is 9.80 Å². The highest BCUT2D eigenvalue weighted by atomic mass is 16.3. The average Bonchev–Trinajstić information content (AvgIpc) is 3.62. The van der Waals surface area contributed by atoms with Crippen LogP contribution in [0, 0.1) is 0 Å². The van der Waals surface area contributed by atoms with E-state index in [0.717, 1.165) is 33.7 Å². The molecule has 2 aromatic carbocycles. The third-order valence-electron chi connectivity index (χ3n) is 6.59. The number of carbonyl (C=O) groups excluding carboxylic acids is 2. The van der Waals surface area contributed by atoms with Gasteiger partial charge < -0.3 is 20.6 Å². The molecule has 0 aromatic heterocycles. The first kappa shape index (κ1) is 20.5. The first-order chi connectivity index (χ1) is 15.4. The molecule has 3 aliphatic rings. The number of rotatable bonds is 3. The monoisotopic (exact) mass is 429 g/mol. The molecule has 6 heteroatoms. The third kappa shape index (κ3) is 3.82. The third-order valence-corrected chi connectivity index (χ3v) is 6.59. The lowest BCUT2D eigenvalue weighted by Crippen LogP contribution is -2.53. The number of carbonyl (C=O) groups is 2. The van der Waals surface area contributed by atoms with Crippen LogP contribution in [-0.4, -0.2) is 58.5 Å². The van der Waals surface area contributed by atoms with Crippen LogP contribution in [0.2, 0.25) is 0 Å². The molecule has 0 atom stereocenters. The van der Waals surface area contributed by atoms with Gasteiger partial charge in [0, 0.05) is 49.1 Å². The second kappa shape index (κ2) is 7.95. The predicted octanol–water partition coefficient (Wildman–Crippen LogP) is 0.970. The summed E-state index contributed by atoms with van der Waals surface area (Å²) in [7, 11) is 0. The van der Waals surface area contributed by atoms with Crippen LogP contribution in [0.15, 0.2) is 54.6 Å². The van der Waals surface area contributed by atoms with Crippen molar-refractivity contribution in [2.45, 2.75) is 24.9 Å². The Hall–Kier alpha value is -3.38. The van der Waals surface area contributed by atoms with Gasteiger partial charge in [-0.05, 0) is 47.4 Å². The minimum atomic E-state index is -1.14. The van der Waals surface area contributed by atoms with Crippen molar-refractivity contribution >= 4 is 23.6 Å². The molecule has 164 valence electrons. The van der Waals surface area contributed by atoms with Crippen molar-refractivity contribution in [2.75, 3.05) is 26.2 Å². The lowest BCUT2D eigenvalue weighted by molar-refractivity contribution is -0.143. The standard InChI is InChI=1S/C26H27N3O3/c27-23-4-2-1-3-19-7-10-21(17-22(19)23)18-5-8-20(9-6-18)24(30)28-13-15-29(16-14-28)25(31)26(32)11-12-26/h1-3,5-10,17,32H,4,11-16,27H2. The number of fused-ring (bicyclic) bond motifs is 1. The zero-order chi connectivity index (χ0) is 22.3. The molecule has 1 saturated carbocycles. The van der Waals surface area contributed by atoms with Gasteiger partial charge in [0.05, 0.1) is 0 Å². The van der Waals surface area contributed by atoms with E-state index in [1.165, 1.54) is 0 Å². The summed E-state index contributed by atoms with van der Waals surface area (Å²) < 4.78 is 0. The first-order valence-corrected chi connectivity index (χ1v) is 11.1. The number of nitrogens with two attached hydrogens (primary N) is 1. The number of allylic oxidation sites excluding steroid dienone is 1. The van der Waals surface area contributed by atoms with Crippen molar-refractivity contribution in [3.05, 3.63) is 70.6 Å².